The van der Waals surface area contributed by atoms with E-state index in [0.717, 1.165) is 15.9 Å². The highest BCUT2D eigenvalue weighted by molar-refractivity contribution is 7.87. The van der Waals surface area contributed by atoms with Gasteiger partial charge in [-0.05, 0) is 12.1 Å². The number of aromatic hydroxyl groups is 1. The van der Waals surface area contributed by atoms with Crippen molar-refractivity contribution in [2.45, 2.75) is 0 Å². The van der Waals surface area contributed by atoms with Crippen LogP contribution in [0.25, 0.3) is 0 Å². The molecule has 0 radical (unpaired) electrons. The average Bonchev–Trinajstić information content (AvgIpc) is 2.79. The lowest BCUT2D eigenvalue weighted by Crippen LogP contribution is -2.26. The van der Waals surface area contributed by atoms with Crippen LogP contribution < -0.4 is 15.9 Å². The Kier molecular flexibility index (Phi) is 5.41. The maximum Gasteiger partial charge on any atom is 0.280 e. The lowest BCUT2D eigenvalue weighted by atomic mass is 10.2. The van der Waals surface area contributed by atoms with Crippen LogP contribution in [0, 0.1) is 0 Å². The van der Waals surface area contributed by atoms with Gasteiger partial charge < -0.3 is 5.11 Å². The van der Waals surface area contributed by atoms with Crippen molar-refractivity contribution in [3.63, 3.8) is 0 Å². The molecule has 4 rings (SSSR count). The monoisotopic (exact) mass is 397 g/mol. The van der Waals surface area contributed by atoms with Crippen LogP contribution in [-0.4, -0.2) is 11.0 Å². The van der Waals surface area contributed by atoms with E-state index in [1.807, 2.05) is 91.0 Å². The molecule has 4 heteroatoms. The smallest absolute Gasteiger partial charge is 0.280 e. The van der Waals surface area contributed by atoms with E-state index in [0.29, 0.717) is 0 Å². The molecule has 4 aromatic carbocycles. The van der Waals surface area contributed by atoms with E-state index < -0.39 is 13.0 Å². The molecule has 0 fully saturated rings. The first-order valence-corrected chi connectivity index (χ1v) is 11.1. The summed E-state index contributed by atoms with van der Waals surface area (Å²) in [5.74, 6) is -0.485. The van der Waals surface area contributed by atoms with Crippen LogP contribution in [0.15, 0.2) is 120 Å². The Bertz CT molecular complexity index is 1070. The minimum atomic E-state index is -2.63. The van der Waals surface area contributed by atoms with Crippen molar-refractivity contribution in [1.82, 2.24) is 0 Å². The fourth-order valence-corrected chi connectivity index (χ4v) is 6.83. The number of phenolic OH excluding ortho intramolecular Hbond substituents is 1. The zero-order valence-electron chi connectivity index (χ0n) is 15.7. The highest BCUT2D eigenvalue weighted by atomic mass is 31.2. The molecule has 29 heavy (non-hydrogen) atoms. The molecule has 3 nitrogen and oxygen atoms in total. The topological polar surface area (TPSA) is 49.7 Å². The number of rotatable bonds is 4. The largest absolute Gasteiger partial charge is 0.507 e. The fourth-order valence-electron chi connectivity index (χ4n) is 3.40. The van der Waals surface area contributed by atoms with Crippen molar-refractivity contribution < 1.29 is 9.90 Å². The molecule has 0 atom stereocenters. The molecular weight excluding hydrogens is 377 g/mol. The van der Waals surface area contributed by atoms with Gasteiger partial charge in [0.2, 0.25) is 0 Å². The standard InChI is InChI=1S/C25H20NO2P/c27-24-19-11-10-18-23(24)25(28)26-29(20-12-4-1-5-13-20,21-14-6-2-7-15-21)22-16-8-3-9-17-22/h1-19,27H. The van der Waals surface area contributed by atoms with Gasteiger partial charge in [0.15, 0.2) is 0 Å². The van der Waals surface area contributed by atoms with E-state index in [9.17, 15) is 9.90 Å². The minimum Gasteiger partial charge on any atom is -0.507 e. The zero-order chi connectivity index (χ0) is 20.1. The highest BCUT2D eigenvalue weighted by Crippen LogP contribution is 2.47. The molecule has 142 valence electrons. The van der Waals surface area contributed by atoms with Gasteiger partial charge in [-0.1, -0.05) is 103 Å². The number of hydrogen-bond acceptors (Lipinski definition) is 2. The zero-order valence-corrected chi connectivity index (χ0v) is 16.6. The van der Waals surface area contributed by atoms with Gasteiger partial charge in [-0.3, -0.25) is 4.79 Å². The summed E-state index contributed by atoms with van der Waals surface area (Å²) in [6.07, 6.45) is 0. The van der Waals surface area contributed by atoms with E-state index >= 15 is 0 Å². The van der Waals surface area contributed by atoms with Gasteiger partial charge in [0.05, 0.1) is 12.6 Å². The lowest BCUT2D eigenvalue weighted by molar-refractivity contribution is 0.100. The van der Waals surface area contributed by atoms with Gasteiger partial charge in [0.25, 0.3) is 5.91 Å². The maximum atomic E-state index is 13.3. The number of hydrogen-bond donors (Lipinski definition) is 1. The number of phenols is 1. The van der Waals surface area contributed by atoms with Crippen molar-refractivity contribution in [2.24, 2.45) is 4.74 Å². The molecule has 0 aliphatic heterocycles. The molecule has 0 spiro atoms. The molecule has 0 bridgehead atoms. The third-order valence-corrected chi connectivity index (χ3v) is 8.38. The van der Waals surface area contributed by atoms with Gasteiger partial charge in [-0.15, -0.1) is 0 Å². The van der Waals surface area contributed by atoms with E-state index in [1.165, 1.54) is 6.07 Å². The van der Waals surface area contributed by atoms with Crippen molar-refractivity contribution in [2.75, 3.05) is 0 Å². The number of para-hydroxylation sites is 1. The average molecular weight is 397 g/mol. The predicted molar refractivity (Wildman–Crippen MR) is 120 cm³/mol. The molecule has 0 aliphatic carbocycles. The summed E-state index contributed by atoms with van der Waals surface area (Å²) in [5, 5.41) is 13.2. The molecule has 0 unspecified atom stereocenters. The molecule has 1 amide bonds. The van der Waals surface area contributed by atoms with Crippen LogP contribution in [0.4, 0.5) is 0 Å². The number of benzene rings is 4. The van der Waals surface area contributed by atoms with Gasteiger partial charge in [0.1, 0.15) is 5.75 Å². The van der Waals surface area contributed by atoms with Crippen molar-refractivity contribution in [3.05, 3.63) is 121 Å². The third-order valence-electron chi connectivity index (χ3n) is 4.76. The van der Waals surface area contributed by atoms with E-state index in [-0.39, 0.29) is 11.3 Å². The van der Waals surface area contributed by atoms with Gasteiger partial charge in [-0.25, -0.2) is 4.74 Å². The van der Waals surface area contributed by atoms with Crippen LogP contribution in [0.3, 0.4) is 0 Å². The predicted octanol–water partition coefficient (Wildman–Crippen LogP) is 4.71. The van der Waals surface area contributed by atoms with Crippen LogP contribution in [-0.2, 0) is 0 Å². The van der Waals surface area contributed by atoms with E-state index in [2.05, 4.69) is 0 Å². The van der Waals surface area contributed by atoms with E-state index in [4.69, 9.17) is 4.74 Å². The first-order chi connectivity index (χ1) is 14.2. The van der Waals surface area contributed by atoms with Crippen LogP contribution in [0.1, 0.15) is 10.4 Å². The SMILES string of the molecule is O=C(N=P(c1ccccc1)(c1ccccc1)c1ccccc1)c1ccccc1O. The number of carbonyl (C=O) groups excluding carboxylic acids is 1. The molecule has 0 saturated heterocycles. The Morgan fingerprint density at radius 2 is 0.966 bits per heavy atom. The van der Waals surface area contributed by atoms with Crippen molar-refractivity contribution in [3.8, 4) is 5.75 Å². The molecule has 4 aromatic rings. The van der Waals surface area contributed by atoms with Crippen molar-refractivity contribution >= 4 is 28.9 Å². The molecule has 0 aromatic heterocycles. The Morgan fingerprint density at radius 1 is 0.586 bits per heavy atom. The Hall–Kier alpha value is -3.42. The summed E-state index contributed by atoms with van der Waals surface area (Å²) in [5.41, 5.74) is 0.208. The number of nitrogens with zero attached hydrogens (tertiary/aromatic N) is 1. The van der Waals surface area contributed by atoms with Crippen molar-refractivity contribution in [1.29, 1.82) is 0 Å². The second kappa shape index (κ2) is 8.30. The quantitative estimate of drug-likeness (QED) is 0.507. The van der Waals surface area contributed by atoms with Gasteiger partial charge in [-0.2, -0.15) is 0 Å². The van der Waals surface area contributed by atoms with Crippen LogP contribution in [0.5, 0.6) is 5.75 Å². The normalized spacial score (nSPS) is 11.0. The minimum absolute atomic E-state index is 0.0615. The third kappa shape index (κ3) is 3.65. The second-order valence-electron chi connectivity index (χ2n) is 6.56. The lowest BCUT2D eigenvalue weighted by Gasteiger charge is -2.26. The Morgan fingerprint density at radius 3 is 1.38 bits per heavy atom. The maximum absolute atomic E-state index is 13.3. The Balaban J connectivity index is 2.09. The highest BCUT2D eigenvalue weighted by Gasteiger charge is 2.29. The first kappa shape index (κ1) is 18.9. The molecular formula is C25H20NO2P. The Labute approximate surface area is 170 Å². The molecule has 0 heterocycles. The van der Waals surface area contributed by atoms with Crippen LogP contribution >= 0.6 is 7.05 Å². The first-order valence-electron chi connectivity index (χ1n) is 9.33. The summed E-state index contributed by atoms with van der Waals surface area (Å²) < 4.78 is 4.86. The van der Waals surface area contributed by atoms with Crippen LogP contribution in [0.2, 0.25) is 0 Å². The molecule has 0 saturated carbocycles. The summed E-state index contributed by atoms with van der Waals surface area (Å²) in [6, 6.07) is 36.4. The molecule has 0 aliphatic rings. The fraction of sp³-hybridized carbons (Fsp3) is 0. The summed E-state index contributed by atoms with van der Waals surface area (Å²) in [7, 11) is -2.63. The summed E-state index contributed by atoms with van der Waals surface area (Å²) in [6.45, 7) is 0. The molecule has 1 N–H and O–H groups in total. The second-order valence-corrected chi connectivity index (χ2v) is 9.58. The van der Waals surface area contributed by atoms with E-state index in [1.54, 1.807) is 18.2 Å². The number of carbonyl (C=O) groups is 1. The van der Waals surface area contributed by atoms with Gasteiger partial charge >= 0.3 is 0 Å². The summed E-state index contributed by atoms with van der Waals surface area (Å²) >= 11 is 0. The summed E-state index contributed by atoms with van der Waals surface area (Å²) in [4.78, 5) is 13.3. The number of amides is 1. The van der Waals surface area contributed by atoms with Gasteiger partial charge in [0, 0.05) is 15.9 Å².